The second kappa shape index (κ2) is 36.0. The molecule has 6 aromatic rings. The highest BCUT2D eigenvalue weighted by Gasteiger charge is 2.36. The first kappa shape index (κ1) is 72.5. The Morgan fingerprint density at radius 3 is 1.09 bits per heavy atom. The molecular formula is C66H86N18O12. The Morgan fingerprint density at radius 1 is 0.417 bits per heavy atom. The molecule has 7 rings (SSSR count). The molecule has 2 aromatic heterocycles. The van der Waals surface area contributed by atoms with Gasteiger partial charge in [0.05, 0.1) is 12.2 Å². The predicted molar refractivity (Wildman–Crippen MR) is 358 cm³/mol. The van der Waals surface area contributed by atoms with E-state index in [0.29, 0.717) is 44.1 Å². The number of carbonyl (C=O) groups is 10. The summed E-state index contributed by atoms with van der Waals surface area (Å²) in [6.07, 6.45) is -1.31. The van der Waals surface area contributed by atoms with Crippen LogP contribution in [0.25, 0.3) is 21.8 Å². The molecule has 96 heavy (non-hydrogen) atoms. The summed E-state index contributed by atoms with van der Waals surface area (Å²) < 4.78 is 0. The number of hydrogen-bond acceptors (Lipinski definition) is 14. The molecule has 1 aliphatic rings. The van der Waals surface area contributed by atoms with Gasteiger partial charge in [0.25, 0.3) is 0 Å². The van der Waals surface area contributed by atoms with E-state index in [1.165, 1.54) is 13.8 Å². The molecule has 3 heterocycles. The normalized spacial score (nSPS) is 22.1. The van der Waals surface area contributed by atoms with Crippen LogP contribution in [0, 0.1) is 0 Å². The number of nitrogens with one attached hydrogen (secondary N) is 12. The molecule has 10 atom stereocenters. The average Bonchev–Trinajstić information content (AvgIpc) is 1.68. The van der Waals surface area contributed by atoms with Gasteiger partial charge in [-0.25, -0.2) is 0 Å². The standard InChI is InChI=1S/C66H86N18O12/c1-37(85)55-63(95)71-29-25-53(87)77-49(31-39-15-5-3-6-16-39)59(91)82-52(34-42-36-76-46-22-12-10-20-44(42)46)62(94)80-48(24-14-28-74-66(69)70)58(90)84-56(38(2)86)64(96)72-30-26-54(88)78-50(32-40-17-7-4-8-18-40)60(92)81-51(33-41-35-75-45-21-11-9-19-43(41)45)61(93)79-47(57(89)83-55)23-13-27-73-65(67)68/h3-12,15-22,35-38,47-52,55-56,75-76,85-86H,13-14,23-34H2,1-2H3,(H,71,95)(H,72,96)(H,77,87)(H,78,88)(H,79,93)(H,80,94)(H,81,92)(H,82,91)(H,83,89)(H,84,90)(H4,67,68,73)(H4,69,70,74)/t37-,38-,47+,48+,49+,50+,51+,52+,55+,56+/m1/s1. The molecule has 0 bridgehead atoms. The van der Waals surface area contributed by atoms with Crippen LogP contribution >= 0.6 is 0 Å². The largest absolute Gasteiger partial charge is 0.391 e. The minimum atomic E-state index is -1.68. The SMILES string of the molecule is C[C@@H](O)[C@@H]1NC(=O)[C@H](CCCN=C(N)N)NC(=O)[C@H](Cc2c[nH]c3ccccc23)NC(=O)[C@H](Cc2ccccc2)NC(=O)CCNC(=O)[C@H]([C@@H](C)O)NC(=O)[C@H](CCCN=C(N)N)NC(=O)[C@H](Cc2c[nH]c3ccccc23)NC(=O)[C@H](Cc2ccccc2)NC(=O)CCNC1=O. The van der Waals surface area contributed by atoms with E-state index in [2.05, 4.69) is 73.1 Å². The number of aromatic nitrogens is 2. The number of para-hydroxylation sites is 2. The summed E-state index contributed by atoms with van der Waals surface area (Å²) in [5.41, 5.74) is 26.2. The van der Waals surface area contributed by atoms with Gasteiger partial charge in [0.1, 0.15) is 48.3 Å². The van der Waals surface area contributed by atoms with Crippen LogP contribution in [0.15, 0.2) is 132 Å². The molecule has 22 N–H and O–H groups in total. The predicted octanol–water partition coefficient (Wildman–Crippen LogP) is -2.31. The summed E-state index contributed by atoms with van der Waals surface area (Å²) in [6, 6.07) is 19.7. The summed E-state index contributed by atoms with van der Waals surface area (Å²) in [6.45, 7) is 1.70. The highest BCUT2D eigenvalue weighted by Crippen LogP contribution is 2.22. The van der Waals surface area contributed by atoms with Crippen molar-refractivity contribution >= 4 is 92.8 Å². The van der Waals surface area contributed by atoms with Gasteiger partial charge in [-0.1, -0.05) is 97.1 Å². The van der Waals surface area contributed by atoms with Crippen LogP contribution in [0.3, 0.4) is 0 Å². The van der Waals surface area contributed by atoms with Crippen molar-refractivity contribution in [3.8, 4) is 0 Å². The fourth-order valence-electron chi connectivity index (χ4n) is 10.9. The van der Waals surface area contributed by atoms with E-state index in [1.807, 2.05) is 12.1 Å². The van der Waals surface area contributed by atoms with Crippen molar-refractivity contribution in [2.24, 2.45) is 32.9 Å². The molecular weight excluding hydrogens is 1240 g/mol. The number of carbonyl (C=O) groups excluding carboxylic acids is 10. The molecule has 10 amide bonds. The van der Waals surface area contributed by atoms with Crippen molar-refractivity contribution in [3.05, 3.63) is 144 Å². The number of aliphatic hydroxyl groups excluding tert-OH is 2. The number of nitrogens with zero attached hydrogens (tertiary/aromatic N) is 2. The highest BCUT2D eigenvalue weighted by atomic mass is 16.3. The highest BCUT2D eigenvalue weighted by molar-refractivity contribution is 5.99. The minimum absolute atomic E-state index is 0.000967. The lowest BCUT2D eigenvalue weighted by molar-refractivity contribution is -0.136. The zero-order valence-corrected chi connectivity index (χ0v) is 53.4. The van der Waals surface area contributed by atoms with Crippen LogP contribution in [0.4, 0.5) is 0 Å². The van der Waals surface area contributed by atoms with Crippen molar-refractivity contribution in [2.45, 2.75) is 139 Å². The molecule has 30 nitrogen and oxygen atoms in total. The quantitative estimate of drug-likeness (QED) is 0.0244. The smallest absolute Gasteiger partial charge is 0.245 e. The van der Waals surface area contributed by atoms with Gasteiger partial charge in [0.2, 0.25) is 59.1 Å². The second-order valence-corrected chi connectivity index (χ2v) is 23.4. The number of nitrogens with two attached hydrogens (primary N) is 4. The lowest BCUT2D eigenvalue weighted by atomic mass is 10.0. The number of rotatable bonds is 18. The van der Waals surface area contributed by atoms with Gasteiger partial charge in [-0.05, 0) is 73.9 Å². The summed E-state index contributed by atoms with van der Waals surface area (Å²) in [4.78, 5) is 158. The van der Waals surface area contributed by atoms with Crippen LogP contribution in [-0.4, -0.2) is 178 Å². The Balaban J connectivity index is 1.24. The van der Waals surface area contributed by atoms with Crippen molar-refractivity contribution in [1.82, 2.24) is 63.1 Å². The minimum Gasteiger partial charge on any atom is -0.391 e. The first-order chi connectivity index (χ1) is 46.0. The van der Waals surface area contributed by atoms with Gasteiger partial charge in [-0.2, -0.15) is 0 Å². The molecule has 0 saturated carbocycles. The summed E-state index contributed by atoms with van der Waals surface area (Å²) in [5.74, 6) is -9.13. The van der Waals surface area contributed by atoms with Crippen LogP contribution in [-0.2, 0) is 73.6 Å². The van der Waals surface area contributed by atoms with Crippen LogP contribution < -0.4 is 76.1 Å². The Kier molecular flexibility index (Phi) is 27.2. The number of aliphatic hydroxyl groups is 2. The number of aliphatic imine (C=N–C) groups is 2. The van der Waals surface area contributed by atoms with Crippen molar-refractivity contribution < 1.29 is 58.2 Å². The first-order valence-electron chi connectivity index (χ1n) is 31.6. The van der Waals surface area contributed by atoms with E-state index in [9.17, 15) is 58.2 Å². The zero-order valence-electron chi connectivity index (χ0n) is 53.4. The van der Waals surface area contributed by atoms with Gasteiger partial charge in [0.15, 0.2) is 11.9 Å². The van der Waals surface area contributed by atoms with E-state index in [-0.39, 0.29) is 76.4 Å². The molecule has 1 aliphatic heterocycles. The Labute approximate surface area is 553 Å². The number of amides is 10. The molecule has 0 spiro atoms. The van der Waals surface area contributed by atoms with E-state index in [4.69, 9.17) is 22.9 Å². The van der Waals surface area contributed by atoms with Crippen molar-refractivity contribution in [3.63, 3.8) is 0 Å². The zero-order chi connectivity index (χ0) is 69.3. The number of hydrogen-bond donors (Lipinski definition) is 18. The van der Waals surface area contributed by atoms with E-state index < -0.39 is 146 Å². The maximum atomic E-state index is 14.9. The first-order valence-corrected chi connectivity index (χ1v) is 31.6. The van der Waals surface area contributed by atoms with Crippen LogP contribution in [0.1, 0.15) is 74.6 Å². The maximum Gasteiger partial charge on any atom is 0.245 e. The third kappa shape index (κ3) is 22.1. The van der Waals surface area contributed by atoms with Crippen LogP contribution in [0.5, 0.6) is 0 Å². The number of aromatic amines is 2. The van der Waals surface area contributed by atoms with Crippen molar-refractivity contribution in [1.29, 1.82) is 0 Å². The molecule has 0 unspecified atom stereocenters. The van der Waals surface area contributed by atoms with Gasteiger partial charge in [-0.3, -0.25) is 57.9 Å². The van der Waals surface area contributed by atoms with E-state index in [1.54, 1.807) is 109 Å². The molecule has 0 radical (unpaired) electrons. The van der Waals surface area contributed by atoms with Crippen LogP contribution in [0.2, 0.25) is 0 Å². The van der Waals surface area contributed by atoms with E-state index in [0.717, 1.165) is 0 Å². The number of fused-ring (bicyclic) bond motifs is 2. The molecule has 0 aliphatic carbocycles. The average molecular weight is 1320 g/mol. The third-order valence-corrected chi connectivity index (χ3v) is 15.9. The monoisotopic (exact) mass is 1320 g/mol. The number of benzene rings is 4. The Morgan fingerprint density at radius 2 is 0.740 bits per heavy atom. The number of guanidine groups is 2. The summed E-state index contributed by atoms with van der Waals surface area (Å²) >= 11 is 0. The molecule has 512 valence electrons. The molecule has 1 saturated heterocycles. The van der Waals surface area contributed by atoms with Gasteiger partial charge in [-0.15, -0.1) is 0 Å². The fraction of sp³-hybridized carbons (Fsp3) is 0.394. The van der Waals surface area contributed by atoms with Crippen molar-refractivity contribution in [2.75, 3.05) is 26.2 Å². The second-order valence-electron chi connectivity index (χ2n) is 23.4. The van der Waals surface area contributed by atoms with Gasteiger partial charge >= 0.3 is 0 Å². The lowest BCUT2D eigenvalue weighted by Gasteiger charge is -2.28. The Hall–Kier alpha value is -10.9. The number of H-pyrrole nitrogens is 2. The third-order valence-electron chi connectivity index (χ3n) is 15.9. The molecule has 4 aromatic carbocycles. The van der Waals surface area contributed by atoms with Gasteiger partial charge < -0.3 is 96.3 Å². The summed E-state index contributed by atoms with van der Waals surface area (Å²) in [7, 11) is 0. The van der Waals surface area contributed by atoms with Gasteiger partial charge in [0, 0.05) is 98.9 Å². The van der Waals surface area contributed by atoms with E-state index >= 15 is 0 Å². The maximum absolute atomic E-state index is 14.9. The summed E-state index contributed by atoms with van der Waals surface area (Å²) in [5, 5.41) is 50.0. The lowest BCUT2D eigenvalue weighted by Crippen LogP contribution is -2.60. The molecule has 1 fully saturated rings. The fourth-order valence-corrected chi connectivity index (χ4v) is 10.9. The topological polar surface area (TPSA) is 492 Å². The molecule has 30 heteroatoms. The Bertz CT molecular complexity index is 3480.